The van der Waals surface area contributed by atoms with Crippen LogP contribution in [0.4, 0.5) is 0 Å². The number of ether oxygens (including phenoxy) is 1. The second-order valence-electron chi connectivity index (χ2n) is 5.90. The van der Waals surface area contributed by atoms with Crippen molar-refractivity contribution in [2.45, 2.75) is 49.9 Å². The summed E-state index contributed by atoms with van der Waals surface area (Å²) in [5.41, 5.74) is 1.23. The van der Waals surface area contributed by atoms with Crippen molar-refractivity contribution in [1.29, 1.82) is 0 Å². The first kappa shape index (κ1) is 15.4. The summed E-state index contributed by atoms with van der Waals surface area (Å²) >= 11 is -1.35. The summed E-state index contributed by atoms with van der Waals surface area (Å²) in [6.45, 7) is 3.91. The second-order valence-corrected chi connectivity index (χ2v) is 7.60. The van der Waals surface area contributed by atoms with E-state index in [1.165, 1.54) is 5.56 Å². The lowest BCUT2D eigenvalue weighted by molar-refractivity contribution is 0.0910. The Bertz CT molecular complexity index is 445. The molecule has 20 heavy (non-hydrogen) atoms. The Morgan fingerprint density at radius 2 is 2.10 bits per heavy atom. The molecule has 2 N–H and O–H groups in total. The molecule has 4 heteroatoms. The summed E-state index contributed by atoms with van der Waals surface area (Å²) in [4.78, 5) is 0. The standard InChI is InChI=1S/C16H23NO2S/c1-16(2,20(17)18)12-14(13-8-4-3-5-9-13)15-10-6-7-11-19-15/h3-5,7-9,11,14-15H,6,10,12,17H2,1-2H3/t14?,15-,20?/m0/s1. The molecule has 0 radical (unpaired) electrons. The van der Waals surface area contributed by atoms with Gasteiger partial charge in [0.05, 0.1) is 6.26 Å². The third-order valence-corrected chi connectivity index (χ3v) is 5.16. The minimum atomic E-state index is -1.35. The van der Waals surface area contributed by atoms with Crippen molar-refractivity contribution in [1.82, 2.24) is 0 Å². The molecule has 1 aliphatic heterocycles. The van der Waals surface area contributed by atoms with Gasteiger partial charge in [0.1, 0.15) is 10.9 Å². The average molecular weight is 293 g/mol. The van der Waals surface area contributed by atoms with Gasteiger partial charge in [0, 0.05) is 23.7 Å². The third-order valence-electron chi connectivity index (χ3n) is 3.90. The minimum Gasteiger partial charge on any atom is -0.598 e. The molecule has 0 aliphatic carbocycles. The number of rotatable bonds is 5. The normalized spacial score (nSPS) is 22.1. The maximum Gasteiger partial charge on any atom is 0.140 e. The summed E-state index contributed by atoms with van der Waals surface area (Å²) in [6.07, 6.45) is 6.73. The predicted molar refractivity (Wildman–Crippen MR) is 83.5 cm³/mol. The monoisotopic (exact) mass is 293 g/mol. The topological polar surface area (TPSA) is 58.3 Å². The molecule has 0 bridgehead atoms. The van der Waals surface area contributed by atoms with Crippen LogP contribution < -0.4 is 5.14 Å². The van der Waals surface area contributed by atoms with E-state index in [1.54, 1.807) is 6.26 Å². The molecule has 1 aromatic carbocycles. The molecule has 0 spiro atoms. The predicted octanol–water partition coefficient (Wildman–Crippen LogP) is 3.25. The van der Waals surface area contributed by atoms with Crippen molar-refractivity contribution in [2.75, 3.05) is 0 Å². The highest BCUT2D eigenvalue weighted by Gasteiger charge is 2.37. The van der Waals surface area contributed by atoms with E-state index < -0.39 is 16.1 Å². The zero-order valence-corrected chi connectivity index (χ0v) is 12.9. The molecule has 110 valence electrons. The molecule has 3 nitrogen and oxygen atoms in total. The van der Waals surface area contributed by atoms with Crippen molar-refractivity contribution in [3.8, 4) is 0 Å². The van der Waals surface area contributed by atoms with Crippen molar-refractivity contribution in [3.05, 3.63) is 48.2 Å². The molecule has 3 atom stereocenters. The lowest BCUT2D eigenvalue weighted by atomic mass is 9.83. The van der Waals surface area contributed by atoms with Gasteiger partial charge in [-0.2, -0.15) is 5.14 Å². The Balaban J connectivity index is 2.22. The summed E-state index contributed by atoms with van der Waals surface area (Å²) < 4.78 is 17.1. The number of allylic oxidation sites excluding steroid dienone is 1. The number of benzene rings is 1. The van der Waals surface area contributed by atoms with Gasteiger partial charge < -0.3 is 9.29 Å². The van der Waals surface area contributed by atoms with E-state index in [4.69, 9.17) is 9.88 Å². The summed E-state index contributed by atoms with van der Waals surface area (Å²) in [5, 5.41) is 5.64. The van der Waals surface area contributed by atoms with Crippen LogP contribution in [0, 0.1) is 0 Å². The molecule has 0 saturated carbocycles. The Kier molecular flexibility index (Phi) is 5.13. The zero-order chi connectivity index (χ0) is 14.6. The van der Waals surface area contributed by atoms with E-state index in [0.717, 1.165) is 19.3 Å². The van der Waals surface area contributed by atoms with E-state index in [1.807, 2.05) is 38.1 Å². The van der Waals surface area contributed by atoms with E-state index in [-0.39, 0.29) is 12.0 Å². The SMILES string of the molecule is CC(C)(CC(c1ccccc1)[C@@H]1CCC=CO1)[S+](N)[O-]. The van der Waals surface area contributed by atoms with Crippen LogP contribution in [0.1, 0.15) is 44.6 Å². The Labute approximate surface area is 124 Å². The van der Waals surface area contributed by atoms with Crippen LogP contribution in [0.15, 0.2) is 42.7 Å². The van der Waals surface area contributed by atoms with Gasteiger partial charge in [-0.1, -0.05) is 30.3 Å². The van der Waals surface area contributed by atoms with Crippen LogP contribution >= 0.6 is 0 Å². The smallest absolute Gasteiger partial charge is 0.140 e. The highest BCUT2D eigenvalue weighted by atomic mass is 32.2. The van der Waals surface area contributed by atoms with Crippen molar-refractivity contribution >= 4 is 11.4 Å². The van der Waals surface area contributed by atoms with Crippen LogP contribution in [0.3, 0.4) is 0 Å². The van der Waals surface area contributed by atoms with Crippen LogP contribution in [0.25, 0.3) is 0 Å². The van der Waals surface area contributed by atoms with E-state index in [0.29, 0.717) is 0 Å². The number of hydrogen-bond acceptors (Lipinski definition) is 3. The zero-order valence-electron chi connectivity index (χ0n) is 12.1. The van der Waals surface area contributed by atoms with Crippen molar-refractivity contribution in [3.63, 3.8) is 0 Å². The largest absolute Gasteiger partial charge is 0.598 e. The lowest BCUT2D eigenvalue weighted by Gasteiger charge is -2.34. The highest BCUT2D eigenvalue weighted by molar-refractivity contribution is 7.90. The fraction of sp³-hybridized carbons (Fsp3) is 0.500. The van der Waals surface area contributed by atoms with Gasteiger partial charge in [0.25, 0.3) is 0 Å². The summed E-state index contributed by atoms with van der Waals surface area (Å²) in [6, 6.07) is 10.3. The minimum absolute atomic E-state index is 0.130. The molecule has 2 rings (SSSR count). The Morgan fingerprint density at radius 3 is 2.65 bits per heavy atom. The second kappa shape index (κ2) is 6.66. The molecule has 1 heterocycles. The van der Waals surface area contributed by atoms with Crippen molar-refractivity contribution in [2.24, 2.45) is 5.14 Å². The number of hydrogen-bond donors (Lipinski definition) is 1. The quantitative estimate of drug-likeness (QED) is 0.848. The first-order valence-corrected chi connectivity index (χ1v) is 8.24. The van der Waals surface area contributed by atoms with Gasteiger partial charge in [-0.25, -0.2) is 0 Å². The van der Waals surface area contributed by atoms with Gasteiger partial charge in [-0.3, -0.25) is 0 Å². The highest BCUT2D eigenvalue weighted by Crippen LogP contribution is 2.36. The summed E-state index contributed by atoms with van der Waals surface area (Å²) in [7, 11) is 0. The molecule has 0 aromatic heterocycles. The lowest BCUT2D eigenvalue weighted by Crippen LogP contribution is -2.41. The van der Waals surface area contributed by atoms with E-state index >= 15 is 0 Å². The van der Waals surface area contributed by atoms with Gasteiger partial charge in [0.2, 0.25) is 0 Å². The molecule has 2 unspecified atom stereocenters. The average Bonchev–Trinajstić information content (AvgIpc) is 2.46. The maximum atomic E-state index is 11.7. The van der Waals surface area contributed by atoms with Crippen LogP contribution in [-0.2, 0) is 16.1 Å². The first-order chi connectivity index (χ1) is 9.50. The van der Waals surface area contributed by atoms with Gasteiger partial charge in [0.15, 0.2) is 0 Å². The number of nitrogens with two attached hydrogens (primary N) is 1. The summed E-state index contributed by atoms with van der Waals surface area (Å²) in [5.74, 6) is 0.212. The molecule has 1 aliphatic rings. The van der Waals surface area contributed by atoms with Crippen molar-refractivity contribution < 1.29 is 9.29 Å². The molecule has 1 aromatic rings. The molecule has 0 saturated heterocycles. The Hall–Kier alpha value is -0.970. The van der Waals surface area contributed by atoms with E-state index in [2.05, 4.69) is 12.1 Å². The fourth-order valence-corrected chi connectivity index (χ4v) is 2.97. The Morgan fingerprint density at radius 1 is 1.40 bits per heavy atom. The molecule has 0 fully saturated rings. The van der Waals surface area contributed by atoms with Gasteiger partial charge in [-0.15, -0.1) is 0 Å². The van der Waals surface area contributed by atoms with Crippen LogP contribution in [0.5, 0.6) is 0 Å². The molecular formula is C16H23NO2S. The molecular weight excluding hydrogens is 270 g/mol. The third kappa shape index (κ3) is 3.78. The van der Waals surface area contributed by atoms with Gasteiger partial charge >= 0.3 is 0 Å². The fourth-order valence-electron chi connectivity index (χ4n) is 2.62. The van der Waals surface area contributed by atoms with Crippen LogP contribution in [0.2, 0.25) is 0 Å². The van der Waals surface area contributed by atoms with Crippen LogP contribution in [-0.4, -0.2) is 15.4 Å². The van der Waals surface area contributed by atoms with E-state index in [9.17, 15) is 4.55 Å². The van der Waals surface area contributed by atoms with Gasteiger partial charge in [-0.05, 0) is 38.3 Å². The molecule has 0 amide bonds. The maximum absolute atomic E-state index is 11.7. The first-order valence-electron chi connectivity index (χ1n) is 7.02.